The van der Waals surface area contributed by atoms with Crippen LogP contribution in [0.2, 0.25) is 0 Å². The molecule has 1 aliphatic rings. The van der Waals surface area contributed by atoms with Gasteiger partial charge in [-0.2, -0.15) is 0 Å². The fourth-order valence-electron chi connectivity index (χ4n) is 2.62. The maximum Gasteiger partial charge on any atom is 0.103 e. The Balaban J connectivity index is 0.00000161. The van der Waals surface area contributed by atoms with Crippen molar-refractivity contribution in [1.29, 1.82) is 0 Å². The van der Waals surface area contributed by atoms with Crippen LogP contribution in [-0.4, -0.2) is 30.4 Å². The van der Waals surface area contributed by atoms with Crippen LogP contribution in [0.3, 0.4) is 0 Å². The molecule has 1 heterocycles. The fraction of sp³-hybridized carbons (Fsp3) is 0.278. The Morgan fingerprint density at radius 2 is 1.48 bits per heavy atom. The van der Waals surface area contributed by atoms with Crippen molar-refractivity contribution in [1.82, 2.24) is 4.90 Å². The maximum absolute atomic E-state index is 4.67. The highest BCUT2D eigenvalue weighted by Gasteiger charge is 2.16. The number of rotatable bonds is 5. The van der Waals surface area contributed by atoms with Gasteiger partial charge in [-0.05, 0) is 17.5 Å². The highest BCUT2D eigenvalue weighted by Crippen LogP contribution is 2.10. The van der Waals surface area contributed by atoms with Gasteiger partial charge in [-0.3, -0.25) is 4.99 Å². The summed E-state index contributed by atoms with van der Waals surface area (Å²) in [4.78, 5) is 7.10. The van der Waals surface area contributed by atoms with Crippen molar-refractivity contribution in [3.05, 3.63) is 71.8 Å². The van der Waals surface area contributed by atoms with E-state index in [0.29, 0.717) is 0 Å². The molecule has 0 amide bonds. The number of aliphatic imine (C=N–C) groups is 1. The first-order valence-electron chi connectivity index (χ1n) is 7.28. The van der Waals surface area contributed by atoms with Crippen LogP contribution in [0.25, 0.3) is 0 Å². The molecule has 1 aliphatic heterocycles. The number of amidine groups is 1. The lowest BCUT2D eigenvalue weighted by Gasteiger charge is -2.20. The summed E-state index contributed by atoms with van der Waals surface area (Å²) in [7, 11) is 0. The van der Waals surface area contributed by atoms with E-state index >= 15 is 0 Å². The normalized spacial score (nSPS) is 13.7. The van der Waals surface area contributed by atoms with E-state index in [9.17, 15) is 0 Å². The molecule has 0 saturated carbocycles. The summed E-state index contributed by atoms with van der Waals surface area (Å²) in [5, 5.41) is 0. The molecular weight excluding hydrogens is 280 g/mol. The largest absolute Gasteiger partial charge is 1.00 e. The van der Waals surface area contributed by atoms with E-state index < -0.39 is 0 Å². The molecule has 3 heteroatoms. The molecule has 0 bridgehead atoms. The zero-order chi connectivity index (χ0) is 13.6. The molecule has 110 valence electrons. The second-order valence-electron chi connectivity index (χ2n) is 5.18. The van der Waals surface area contributed by atoms with E-state index in [2.05, 4.69) is 70.6 Å². The van der Waals surface area contributed by atoms with Crippen LogP contribution in [0.15, 0.2) is 65.7 Å². The Bertz CT molecular complexity index is 566. The van der Waals surface area contributed by atoms with Crippen molar-refractivity contribution in [3.8, 4) is 0 Å². The van der Waals surface area contributed by atoms with Gasteiger partial charge in [0.25, 0.3) is 0 Å². The van der Waals surface area contributed by atoms with Crippen LogP contribution in [-0.2, 0) is 12.8 Å². The number of halogens is 1. The summed E-state index contributed by atoms with van der Waals surface area (Å²) in [6, 6.07) is 21.3. The van der Waals surface area contributed by atoms with Crippen molar-refractivity contribution < 1.29 is 12.4 Å². The number of benzene rings is 2. The Morgan fingerprint density at radius 1 is 0.857 bits per heavy atom. The van der Waals surface area contributed by atoms with Gasteiger partial charge in [0.05, 0.1) is 6.54 Å². The summed E-state index contributed by atoms with van der Waals surface area (Å²) < 4.78 is 0. The molecule has 0 atom stereocenters. The molecule has 3 rings (SSSR count). The second kappa shape index (κ2) is 7.84. The Hall–Kier alpha value is -1.80. The minimum Gasteiger partial charge on any atom is -1.00 e. The van der Waals surface area contributed by atoms with Crippen LogP contribution in [0.1, 0.15) is 11.1 Å². The zero-order valence-corrected chi connectivity index (χ0v) is 12.8. The lowest BCUT2D eigenvalue weighted by molar-refractivity contribution is -0.00000413. The number of nitrogens with zero attached hydrogens (tertiary/aromatic N) is 2. The summed E-state index contributed by atoms with van der Waals surface area (Å²) in [6.07, 6.45) is 2.05. The standard InChI is InChI=1S/C18H20N2.ClH/c1-3-7-16(8-4-1)11-13-20-14-12-19-18(20)15-17-9-5-2-6-10-17;/h1-10H,11-15H2;1H/p-1. The Kier molecular flexibility index (Phi) is 5.82. The minimum atomic E-state index is 0. The van der Waals surface area contributed by atoms with Gasteiger partial charge in [-0.15, -0.1) is 0 Å². The topological polar surface area (TPSA) is 15.6 Å². The summed E-state index contributed by atoms with van der Waals surface area (Å²) in [5.74, 6) is 1.24. The predicted molar refractivity (Wildman–Crippen MR) is 84.2 cm³/mol. The third-order valence-electron chi connectivity index (χ3n) is 3.75. The first-order valence-corrected chi connectivity index (χ1v) is 7.28. The van der Waals surface area contributed by atoms with Crippen molar-refractivity contribution in [2.45, 2.75) is 12.8 Å². The van der Waals surface area contributed by atoms with Crippen LogP contribution in [0.5, 0.6) is 0 Å². The van der Waals surface area contributed by atoms with Crippen molar-refractivity contribution in [2.75, 3.05) is 19.6 Å². The van der Waals surface area contributed by atoms with E-state index in [0.717, 1.165) is 32.5 Å². The Labute approximate surface area is 132 Å². The molecule has 0 saturated heterocycles. The van der Waals surface area contributed by atoms with Crippen LogP contribution in [0, 0.1) is 0 Å². The average molecular weight is 300 g/mol. The van der Waals surface area contributed by atoms with E-state index in [1.165, 1.54) is 17.0 Å². The quantitative estimate of drug-likeness (QED) is 0.770. The van der Waals surface area contributed by atoms with E-state index in [-0.39, 0.29) is 12.4 Å². The van der Waals surface area contributed by atoms with Gasteiger partial charge < -0.3 is 17.3 Å². The second-order valence-corrected chi connectivity index (χ2v) is 5.18. The van der Waals surface area contributed by atoms with Crippen LogP contribution < -0.4 is 12.4 Å². The van der Waals surface area contributed by atoms with Crippen molar-refractivity contribution >= 4 is 5.84 Å². The SMILES string of the molecule is [Cl-].c1ccc(CCN2CCN=C2Cc2ccccc2)cc1. The molecule has 2 aromatic rings. The van der Waals surface area contributed by atoms with Gasteiger partial charge in [0.1, 0.15) is 5.84 Å². The Morgan fingerprint density at radius 3 is 2.14 bits per heavy atom. The summed E-state index contributed by atoms with van der Waals surface area (Å²) >= 11 is 0. The highest BCUT2D eigenvalue weighted by molar-refractivity contribution is 5.85. The zero-order valence-electron chi connectivity index (χ0n) is 12.1. The average Bonchev–Trinajstić information content (AvgIpc) is 2.94. The molecule has 21 heavy (non-hydrogen) atoms. The van der Waals surface area contributed by atoms with E-state index in [1.807, 2.05) is 0 Å². The maximum atomic E-state index is 4.67. The van der Waals surface area contributed by atoms with Gasteiger partial charge >= 0.3 is 0 Å². The first kappa shape index (κ1) is 15.6. The van der Waals surface area contributed by atoms with Gasteiger partial charge in [-0.1, -0.05) is 60.7 Å². The summed E-state index contributed by atoms with van der Waals surface area (Å²) in [6.45, 7) is 3.07. The van der Waals surface area contributed by atoms with Crippen molar-refractivity contribution in [2.24, 2.45) is 4.99 Å². The first-order chi connectivity index (χ1) is 9.92. The molecule has 0 N–H and O–H groups in total. The molecule has 0 spiro atoms. The van der Waals surface area contributed by atoms with Gasteiger partial charge in [0.15, 0.2) is 0 Å². The third kappa shape index (κ3) is 4.33. The number of hydrogen-bond donors (Lipinski definition) is 0. The molecular formula is C18H20ClN2-. The number of hydrogen-bond acceptors (Lipinski definition) is 2. The molecule has 0 aliphatic carbocycles. The molecule has 2 aromatic carbocycles. The third-order valence-corrected chi connectivity index (χ3v) is 3.75. The van der Waals surface area contributed by atoms with E-state index in [1.54, 1.807) is 0 Å². The minimum absolute atomic E-state index is 0. The molecule has 2 nitrogen and oxygen atoms in total. The monoisotopic (exact) mass is 299 g/mol. The molecule has 0 radical (unpaired) electrons. The molecule has 0 unspecified atom stereocenters. The molecule has 0 fully saturated rings. The van der Waals surface area contributed by atoms with Crippen LogP contribution >= 0.6 is 0 Å². The highest BCUT2D eigenvalue weighted by atomic mass is 35.5. The molecule has 0 aromatic heterocycles. The van der Waals surface area contributed by atoms with Gasteiger partial charge in [0.2, 0.25) is 0 Å². The predicted octanol–water partition coefficient (Wildman–Crippen LogP) is 0.190. The van der Waals surface area contributed by atoms with Crippen molar-refractivity contribution in [3.63, 3.8) is 0 Å². The van der Waals surface area contributed by atoms with Gasteiger partial charge in [0, 0.05) is 19.5 Å². The van der Waals surface area contributed by atoms with Crippen LogP contribution in [0.4, 0.5) is 0 Å². The van der Waals surface area contributed by atoms with Gasteiger partial charge in [-0.25, -0.2) is 0 Å². The smallest absolute Gasteiger partial charge is 0.103 e. The lowest BCUT2D eigenvalue weighted by atomic mass is 10.1. The fourth-order valence-corrected chi connectivity index (χ4v) is 2.62. The lowest BCUT2D eigenvalue weighted by Crippen LogP contribution is -3.00. The summed E-state index contributed by atoms with van der Waals surface area (Å²) in [5.41, 5.74) is 2.75. The van der Waals surface area contributed by atoms with E-state index in [4.69, 9.17) is 0 Å².